The first-order valence-electron chi connectivity index (χ1n) is 6.64. The van der Waals surface area contributed by atoms with Crippen LogP contribution in [-0.4, -0.2) is 28.4 Å². The first-order chi connectivity index (χ1) is 10.1. The highest BCUT2D eigenvalue weighted by molar-refractivity contribution is 8.00. The van der Waals surface area contributed by atoms with E-state index in [1.807, 2.05) is 49.4 Å². The third-order valence-corrected chi connectivity index (χ3v) is 4.17. The summed E-state index contributed by atoms with van der Waals surface area (Å²) in [5.41, 5.74) is 0.117. The molecule has 2 rings (SSSR count). The maximum atomic E-state index is 12.1. The van der Waals surface area contributed by atoms with Crippen LogP contribution in [0.1, 0.15) is 12.5 Å². The van der Waals surface area contributed by atoms with Gasteiger partial charge in [0.15, 0.2) is 0 Å². The van der Waals surface area contributed by atoms with Crippen LogP contribution in [0.2, 0.25) is 0 Å². The number of benzene rings is 1. The molecule has 0 aliphatic carbocycles. The van der Waals surface area contributed by atoms with Crippen molar-refractivity contribution in [2.75, 3.05) is 12.4 Å². The Hall–Kier alpha value is -1.85. The smallest absolute Gasteiger partial charge is 0.231 e. The summed E-state index contributed by atoms with van der Waals surface area (Å²) in [4.78, 5) is 17.0. The first-order valence-corrected chi connectivity index (χ1v) is 7.63. The molecule has 2 N–H and O–H groups in total. The maximum absolute atomic E-state index is 12.1. The van der Waals surface area contributed by atoms with Crippen LogP contribution in [0.25, 0.3) is 0 Å². The van der Waals surface area contributed by atoms with Gasteiger partial charge in [-0.1, -0.05) is 30.3 Å². The number of carbonyl (C=O) groups excluding carboxylic acids is 1. The van der Waals surface area contributed by atoms with E-state index in [9.17, 15) is 9.90 Å². The number of aliphatic hydroxyl groups excluding tert-OH is 1. The summed E-state index contributed by atoms with van der Waals surface area (Å²) in [6, 6.07) is 13.2. The fourth-order valence-corrected chi connectivity index (χ4v) is 2.62. The number of thioether (sulfide) groups is 1. The lowest BCUT2D eigenvalue weighted by atomic mass is 9.93. The van der Waals surface area contributed by atoms with Gasteiger partial charge in [0.05, 0.1) is 17.9 Å². The molecule has 5 heteroatoms. The van der Waals surface area contributed by atoms with Crippen molar-refractivity contribution in [3.05, 3.63) is 60.4 Å². The molecule has 2 aromatic rings. The van der Waals surface area contributed by atoms with Crippen LogP contribution in [0.15, 0.2) is 59.8 Å². The molecule has 1 aromatic heterocycles. The number of rotatable bonds is 6. The Balaban J connectivity index is 1.97. The molecule has 0 aliphatic rings. The molecule has 0 aliphatic heterocycles. The van der Waals surface area contributed by atoms with Crippen molar-refractivity contribution in [2.45, 2.75) is 17.4 Å². The summed E-state index contributed by atoms with van der Waals surface area (Å²) in [6.45, 7) is 1.67. The predicted octanol–water partition coefficient (Wildman–Crippen LogP) is 2.20. The minimum atomic E-state index is -0.767. The SMILES string of the molecule is CC(CO)(NC(=O)CSc1ccncc1)c1ccccc1. The monoisotopic (exact) mass is 302 g/mol. The second-order valence-corrected chi connectivity index (χ2v) is 5.92. The zero-order valence-corrected chi connectivity index (χ0v) is 12.6. The molecule has 1 heterocycles. The maximum Gasteiger partial charge on any atom is 0.231 e. The topological polar surface area (TPSA) is 62.2 Å². The Morgan fingerprint density at radius 3 is 2.52 bits per heavy atom. The van der Waals surface area contributed by atoms with E-state index in [0.717, 1.165) is 10.5 Å². The van der Waals surface area contributed by atoms with Crippen LogP contribution >= 0.6 is 11.8 Å². The van der Waals surface area contributed by atoms with E-state index >= 15 is 0 Å². The van der Waals surface area contributed by atoms with Crippen LogP contribution in [-0.2, 0) is 10.3 Å². The Kier molecular flexibility index (Phi) is 5.36. The first kappa shape index (κ1) is 15.5. The lowest BCUT2D eigenvalue weighted by molar-refractivity contribution is -0.121. The second-order valence-electron chi connectivity index (χ2n) is 4.88. The molecule has 0 fully saturated rings. The summed E-state index contributed by atoms with van der Waals surface area (Å²) in [5, 5.41) is 12.5. The molecule has 1 atom stereocenters. The molecule has 1 amide bonds. The lowest BCUT2D eigenvalue weighted by Crippen LogP contribution is -2.47. The van der Waals surface area contributed by atoms with Crippen molar-refractivity contribution >= 4 is 17.7 Å². The zero-order valence-electron chi connectivity index (χ0n) is 11.8. The van der Waals surface area contributed by atoms with Crippen molar-refractivity contribution in [2.24, 2.45) is 0 Å². The Bertz CT molecular complexity index is 577. The molecule has 1 unspecified atom stereocenters. The molecule has 4 nitrogen and oxygen atoms in total. The molecule has 0 saturated heterocycles. The third kappa shape index (κ3) is 4.31. The quantitative estimate of drug-likeness (QED) is 0.803. The Morgan fingerprint density at radius 1 is 1.24 bits per heavy atom. The number of hydrogen-bond donors (Lipinski definition) is 2. The van der Waals surface area contributed by atoms with Crippen molar-refractivity contribution in [1.29, 1.82) is 0 Å². The minimum Gasteiger partial charge on any atom is -0.394 e. The van der Waals surface area contributed by atoms with E-state index in [1.54, 1.807) is 12.4 Å². The standard InChI is InChI=1S/C16H18N2O2S/c1-16(12-19,13-5-3-2-4-6-13)18-15(20)11-21-14-7-9-17-10-8-14/h2-10,19H,11-12H2,1H3,(H,18,20). The second kappa shape index (κ2) is 7.24. The minimum absolute atomic E-state index is 0.114. The Labute approximate surface area is 128 Å². The normalized spacial score (nSPS) is 13.4. The molecule has 0 bridgehead atoms. The van der Waals surface area contributed by atoms with Gasteiger partial charge in [0.1, 0.15) is 0 Å². The predicted molar refractivity (Wildman–Crippen MR) is 84.0 cm³/mol. The summed E-state index contributed by atoms with van der Waals surface area (Å²) < 4.78 is 0. The number of pyridine rings is 1. The highest BCUT2D eigenvalue weighted by Gasteiger charge is 2.27. The number of amides is 1. The van der Waals surface area contributed by atoms with E-state index in [-0.39, 0.29) is 12.5 Å². The summed E-state index contributed by atoms with van der Waals surface area (Å²) >= 11 is 1.44. The van der Waals surface area contributed by atoms with Gasteiger partial charge in [0.2, 0.25) is 5.91 Å². The number of aliphatic hydroxyl groups is 1. The van der Waals surface area contributed by atoms with E-state index < -0.39 is 5.54 Å². The van der Waals surface area contributed by atoms with Gasteiger partial charge in [-0.2, -0.15) is 0 Å². The van der Waals surface area contributed by atoms with E-state index in [0.29, 0.717) is 5.75 Å². The molecule has 0 saturated carbocycles. The van der Waals surface area contributed by atoms with Gasteiger partial charge >= 0.3 is 0 Å². The van der Waals surface area contributed by atoms with Crippen molar-refractivity contribution in [1.82, 2.24) is 10.3 Å². The van der Waals surface area contributed by atoms with Crippen LogP contribution in [0.4, 0.5) is 0 Å². The summed E-state index contributed by atoms with van der Waals surface area (Å²) in [5.74, 6) is 0.184. The van der Waals surface area contributed by atoms with E-state index in [2.05, 4.69) is 10.3 Å². The van der Waals surface area contributed by atoms with Crippen molar-refractivity contribution in [3.63, 3.8) is 0 Å². The van der Waals surface area contributed by atoms with Crippen molar-refractivity contribution < 1.29 is 9.90 Å². The van der Waals surface area contributed by atoms with E-state index in [4.69, 9.17) is 0 Å². The number of nitrogens with zero attached hydrogens (tertiary/aromatic N) is 1. The van der Waals surface area contributed by atoms with Crippen LogP contribution in [0, 0.1) is 0 Å². The molecule has 0 spiro atoms. The highest BCUT2D eigenvalue weighted by Crippen LogP contribution is 2.21. The van der Waals surface area contributed by atoms with Gasteiger partial charge in [0, 0.05) is 17.3 Å². The lowest BCUT2D eigenvalue weighted by Gasteiger charge is -2.29. The fourth-order valence-electron chi connectivity index (χ4n) is 1.94. The Morgan fingerprint density at radius 2 is 1.90 bits per heavy atom. The average Bonchev–Trinajstić information content (AvgIpc) is 2.54. The summed E-state index contributed by atoms with van der Waals surface area (Å²) in [7, 11) is 0. The van der Waals surface area contributed by atoms with Crippen LogP contribution in [0.5, 0.6) is 0 Å². The van der Waals surface area contributed by atoms with Crippen LogP contribution in [0.3, 0.4) is 0 Å². The van der Waals surface area contributed by atoms with Crippen LogP contribution < -0.4 is 5.32 Å². The van der Waals surface area contributed by atoms with Gasteiger partial charge in [-0.05, 0) is 24.6 Å². The molecular weight excluding hydrogens is 284 g/mol. The van der Waals surface area contributed by atoms with Crippen molar-refractivity contribution in [3.8, 4) is 0 Å². The molecule has 110 valence electrons. The molecular formula is C16H18N2O2S. The van der Waals surface area contributed by atoms with Gasteiger partial charge in [-0.25, -0.2) is 0 Å². The third-order valence-electron chi connectivity index (χ3n) is 3.16. The highest BCUT2D eigenvalue weighted by atomic mass is 32.2. The van der Waals surface area contributed by atoms with Gasteiger partial charge < -0.3 is 10.4 Å². The van der Waals surface area contributed by atoms with E-state index in [1.165, 1.54) is 11.8 Å². The van der Waals surface area contributed by atoms with Gasteiger partial charge in [0.25, 0.3) is 0 Å². The largest absolute Gasteiger partial charge is 0.394 e. The van der Waals surface area contributed by atoms with Gasteiger partial charge in [-0.3, -0.25) is 9.78 Å². The number of nitrogens with one attached hydrogen (secondary N) is 1. The molecule has 21 heavy (non-hydrogen) atoms. The number of aromatic nitrogens is 1. The molecule has 0 radical (unpaired) electrons. The average molecular weight is 302 g/mol. The number of carbonyl (C=O) groups is 1. The zero-order chi connectivity index (χ0) is 15.1. The summed E-state index contributed by atoms with van der Waals surface area (Å²) in [6.07, 6.45) is 3.39. The molecule has 1 aromatic carbocycles. The van der Waals surface area contributed by atoms with Gasteiger partial charge in [-0.15, -0.1) is 11.8 Å². The fraction of sp³-hybridized carbons (Fsp3) is 0.250. The number of hydrogen-bond acceptors (Lipinski definition) is 4.